The Hall–Kier alpha value is -2.56. The van der Waals surface area contributed by atoms with Gasteiger partial charge in [0.15, 0.2) is 0 Å². The zero-order valence-electron chi connectivity index (χ0n) is 10.3. The number of anilines is 2. The maximum Gasteiger partial charge on any atom is 0.310 e. The summed E-state index contributed by atoms with van der Waals surface area (Å²) in [5.41, 5.74) is 8.74. The highest BCUT2D eigenvalue weighted by Crippen LogP contribution is 2.23. The number of aliphatic carboxylic acids is 1. The van der Waals surface area contributed by atoms with Crippen LogP contribution in [0.1, 0.15) is 12.0 Å². The van der Waals surface area contributed by atoms with E-state index in [-0.39, 0.29) is 0 Å². The van der Waals surface area contributed by atoms with Gasteiger partial charge in [-0.3, -0.25) is 4.79 Å². The van der Waals surface area contributed by atoms with Gasteiger partial charge in [0.2, 0.25) is 0 Å². The van der Waals surface area contributed by atoms with Crippen LogP contribution in [0, 0.1) is 11.3 Å². The van der Waals surface area contributed by atoms with Crippen LogP contribution < -0.4 is 11.1 Å². The van der Waals surface area contributed by atoms with Gasteiger partial charge >= 0.3 is 5.97 Å². The molecule has 0 bridgehead atoms. The summed E-state index contributed by atoms with van der Waals surface area (Å²) in [5.74, 6) is -1.27. The van der Waals surface area contributed by atoms with Crippen molar-refractivity contribution < 1.29 is 9.90 Å². The molecule has 0 fully saturated rings. The molecule has 98 valence electrons. The molecule has 0 aliphatic heterocycles. The van der Waals surface area contributed by atoms with Gasteiger partial charge in [0.05, 0.1) is 17.3 Å². The van der Waals surface area contributed by atoms with E-state index in [4.69, 9.17) is 16.2 Å². The number of nitrogens with two attached hydrogens (primary N) is 1. The number of hydrogen-bond donors (Lipinski definition) is 4. The first-order valence-corrected chi connectivity index (χ1v) is 5.88. The number of allylic oxidation sites excluding steroid dienone is 2. The molecule has 0 aromatic heterocycles. The largest absolute Gasteiger partial charge is 0.481 e. The van der Waals surface area contributed by atoms with Gasteiger partial charge < -0.3 is 21.6 Å². The van der Waals surface area contributed by atoms with Gasteiger partial charge in [0.1, 0.15) is 0 Å². The molecular formula is C14H15N3O2. The first-order chi connectivity index (χ1) is 9.10. The Bertz CT molecular complexity index is 576. The molecule has 0 amide bonds. The van der Waals surface area contributed by atoms with E-state index in [0.29, 0.717) is 12.1 Å². The molecule has 0 radical (unpaired) electrons. The number of hydrogen-bond acceptors (Lipinski definition) is 4. The van der Waals surface area contributed by atoms with E-state index in [1.54, 1.807) is 30.4 Å². The second kappa shape index (κ2) is 5.39. The van der Waals surface area contributed by atoms with E-state index in [0.717, 1.165) is 16.9 Å². The van der Waals surface area contributed by atoms with Crippen molar-refractivity contribution in [3.63, 3.8) is 0 Å². The van der Waals surface area contributed by atoms with Gasteiger partial charge in [0.25, 0.3) is 0 Å². The molecule has 0 spiro atoms. The van der Waals surface area contributed by atoms with Crippen LogP contribution in [0.3, 0.4) is 0 Å². The Morgan fingerprint density at radius 3 is 2.84 bits per heavy atom. The molecule has 1 atom stereocenters. The van der Waals surface area contributed by atoms with E-state index in [1.165, 1.54) is 6.21 Å². The van der Waals surface area contributed by atoms with Crippen LogP contribution >= 0.6 is 0 Å². The third kappa shape index (κ3) is 3.01. The molecule has 1 aromatic rings. The van der Waals surface area contributed by atoms with Crippen LogP contribution in [0.2, 0.25) is 0 Å². The Morgan fingerprint density at radius 1 is 1.53 bits per heavy atom. The van der Waals surface area contributed by atoms with Crippen LogP contribution in [0.15, 0.2) is 42.1 Å². The normalized spacial score (nSPS) is 17.7. The minimum atomic E-state index is -0.818. The van der Waals surface area contributed by atoms with Crippen LogP contribution in [0.4, 0.5) is 11.4 Å². The van der Waals surface area contributed by atoms with Crippen molar-refractivity contribution in [3.05, 3.63) is 47.7 Å². The standard InChI is InChI=1S/C14H15N3O2/c15-8-9-1-6-13(12(16)7-9)17-11-4-2-10(3-5-11)14(18)19/h1-2,4-8,10,15,17H,3,16H2,(H,18,19). The lowest BCUT2D eigenvalue weighted by molar-refractivity contribution is -0.139. The SMILES string of the molecule is N=Cc1ccc(NC2=CCC(C(=O)O)C=C2)c(N)c1. The molecular weight excluding hydrogens is 242 g/mol. The number of carbonyl (C=O) groups is 1. The monoisotopic (exact) mass is 257 g/mol. The van der Waals surface area contributed by atoms with Crippen molar-refractivity contribution in [2.45, 2.75) is 6.42 Å². The third-order valence-electron chi connectivity index (χ3n) is 2.94. The second-order valence-electron chi connectivity index (χ2n) is 4.32. The summed E-state index contributed by atoms with van der Waals surface area (Å²) < 4.78 is 0. The molecule has 0 saturated carbocycles. The van der Waals surface area contributed by atoms with E-state index < -0.39 is 11.9 Å². The summed E-state index contributed by atoms with van der Waals surface area (Å²) in [7, 11) is 0. The van der Waals surface area contributed by atoms with Gasteiger partial charge in [-0.25, -0.2) is 0 Å². The van der Waals surface area contributed by atoms with Crippen molar-refractivity contribution in [2.24, 2.45) is 5.92 Å². The van der Waals surface area contributed by atoms with Crippen LogP contribution in [0.25, 0.3) is 0 Å². The van der Waals surface area contributed by atoms with Gasteiger partial charge in [-0.15, -0.1) is 0 Å². The van der Waals surface area contributed by atoms with E-state index in [2.05, 4.69) is 5.32 Å². The molecule has 1 aliphatic carbocycles. The summed E-state index contributed by atoms with van der Waals surface area (Å²) in [5, 5.41) is 19.2. The lowest BCUT2D eigenvalue weighted by Crippen LogP contribution is -2.14. The molecule has 19 heavy (non-hydrogen) atoms. The van der Waals surface area contributed by atoms with Crippen molar-refractivity contribution in [3.8, 4) is 0 Å². The number of carboxylic acid groups (broad SMARTS) is 1. The first-order valence-electron chi connectivity index (χ1n) is 5.88. The Balaban J connectivity index is 2.09. The average molecular weight is 257 g/mol. The maximum absolute atomic E-state index is 10.8. The number of nitrogen functional groups attached to an aromatic ring is 1. The van der Waals surface area contributed by atoms with Crippen molar-refractivity contribution in [1.29, 1.82) is 5.41 Å². The van der Waals surface area contributed by atoms with Crippen molar-refractivity contribution in [2.75, 3.05) is 11.1 Å². The minimum Gasteiger partial charge on any atom is -0.481 e. The summed E-state index contributed by atoms with van der Waals surface area (Å²) >= 11 is 0. The molecule has 0 saturated heterocycles. The number of nitrogens with one attached hydrogen (secondary N) is 2. The third-order valence-corrected chi connectivity index (χ3v) is 2.94. The lowest BCUT2D eigenvalue weighted by atomic mass is 9.99. The molecule has 1 aromatic carbocycles. The molecule has 1 aliphatic rings. The lowest BCUT2D eigenvalue weighted by Gasteiger charge is -2.15. The molecule has 5 heteroatoms. The highest BCUT2D eigenvalue weighted by Gasteiger charge is 2.15. The smallest absolute Gasteiger partial charge is 0.310 e. The van der Waals surface area contributed by atoms with Gasteiger partial charge in [-0.1, -0.05) is 18.2 Å². The van der Waals surface area contributed by atoms with Gasteiger partial charge in [-0.05, 0) is 30.2 Å². The highest BCUT2D eigenvalue weighted by atomic mass is 16.4. The first kappa shape index (κ1) is 12.9. The fraction of sp³-hybridized carbons (Fsp3) is 0.143. The van der Waals surface area contributed by atoms with Crippen molar-refractivity contribution >= 4 is 23.6 Å². The quantitative estimate of drug-likeness (QED) is 0.491. The molecule has 5 N–H and O–H groups in total. The second-order valence-corrected chi connectivity index (χ2v) is 4.32. The topological polar surface area (TPSA) is 99.2 Å². The minimum absolute atomic E-state index is 0.455. The Labute approximate surface area is 110 Å². The summed E-state index contributed by atoms with van der Waals surface area (Å²) in [6.45, 7) is 0. The number of carboxylic acids is 1. The van der Waals surface area contributed by atoms with E-state index in [9.17, 15) is 4.79 Å². The number of rotatable bonds is 4. The zero-order valence-corrected chi connectivity index (χ0v) is 10.3. The molecule has 1 unspecified atom stereocenters. The summed E-state index contributed by atoms with van der Waals surface area (Å²) in [4.78, 5) is 10.8. The molecule has 0 heterocycles. The fourth-order valence-electron chi connectivity index (χ4n) is 1.84. The maximum atomic E-state index is 10.8. The highest BCUT2D eigenvalue weighted by molar-refractivity contribution is 5.82. The summed E-state index contributed by atoms with van der Waals surface area (Å²) in [6.07, 6.45) is 6.94. The van der Waals surface area contributed by atoms with Crippen molar-refractivity contribution in [1.82, 2.24) is 0 Å². The predicted octanol–water partition coefficient (Wildman–Crippen LogP) is 2.22. The van der Waals surface area contributed by atoms with Gasteiger partial charge in [-0.2, -0.15) is 0 Å². The van der Waals surface area contributed by atoms with Crippen LogP contribution in [0.5, 0.6) is 0 Å². The van der Waals surface area contributed by atoms with Crippen LogP contribution in [-0.2, 0) is 4.79 Å². The Morgan fingerprint density at radius 2 is 2.32 bits per heavy atom. The van der Waals surface area contributed by atoms with Gasteiger partial charge in [0, 0.05) is 11.9 Å². The Kier molecular flexibility index (Phi) is 3.66. The van der Waals surface area contributed by atoms with Crippen LogP contribution in [-0.4, -0.2) is 17.3 Å². The number of benzene rings is 1. The predicted molar refractivity (Wildman–Crippen MR) is 75.3 cm³/mol. The molecule has 5 nitrogen and oxygen atoms in total. The van der Waals surface area contributed by atoms with E-state index in [1.807, 2.05) is 6.08 Å². The molecule has 2 rings (SSSR count). The fourth-order valence-corrected chi connectivity index (χ4v) is 1.84. The average Bonchev–Trinajstić information content (AvgIpc) is 2.41. The summed E-state index contributed by atoms with van der Waals surface area (Å²) in [6, 6.07) is 5.30. The zero-order chi connectivity index (χ0) is 13.8. The van der Waals surface area contributed by atoms with E-state index >= 15 is 0 Å².